The van der Waals surface area contributed by atoms with Gasteiger partial charge in [0.2, 0.25) is 0 Å². The third-order valence-corrected chi connectivity index (χ3v) is 2.37. The standard InChI is InChI=1S/C13H14N4O/c1-2-8-14-13(18)12-10-17(16-15-12)9-11-6-4-3-5-7-11/h2-7,10H,1,8-9H2,(H,14,18). The van der Waals surface area contributed by atoms with E-state index in [1.807, 2.05) is 30.3 Å². The van der Waals surface area contributed by atoms with Crippen molar-refractivity contribution in [3.8, 4) is 0 Å². The molecular formula is C13H14N4O. The average Bonchev–Trinajstić information content (AvgIpc) is 2.86. The molecular weight excluding hydrogens is 228 g/mol. The quantitative estimate of drug-likeness (QED) is 0.802. The van der Waals surface area contributed by atoms with E-state index in [4.69, 9.17) is 0 Å². The summed E-state index contributed by atoms with van der Waals surface area (Å²) in [6, 6.07) is 9.88. The summed E-state index contributed by atoms with van der Waals surface area (Å²) in [4.78, 5) is 11.6. The van der Waals surface area contributed by atoms with Crippen molar-refractivity contribution in [2.24, 2.45) is 0 Å². The fraction of sp³-hybridized carbons (Fsp3) is 0.154. The summed E-state index contributed by atoms with van der Waals surface area (Å²) < 4.78 is 1.64. The molecule has 0 unspecified atom stereocenters. The van der Waals surface area contributed by atoms with Crippen molar-refractivity contribution in [3.63, 3.8) is 0 Å². The molecule has 1 heterocycles. The first-order valence-corrected chi connectivity index (χ1v) is 5.63. The molecule has 2 rings (SSSR count). The highest BCUT2D eigenvalue weighted by Crippen LogP contribution is 2.02. The van der Waals surface area contributed by atoms with Crippen LogP contribution in [0.25, 0.3) is 0 Å². The summed E-state index contributed by atoms with van der Waals surface area (Å²) in [7, 11) is 0. The molecule has 0 radical (unpaired) electrons. The second-order valence-corrected chi connectivity index (χ2v) is 3.79. The van der Waals surface area contributed by atoms with E-state index in [9.17, 15) is 4.79 Å². The van der Waals surface area contributed by atoms with E-state index in [0.29, 0.717) is 18.8 Å². The fourth-order valence-electron chi connectivity index (χ4n) is 1.51. The lowest BCUT2D eigenvalue weighted by Crippen LogP contribution is -2.23. The zero-order valence-corrected chi connectivity index (χ0v) is 9.91. The number of amides is 1. The Bertz CT molecular complexity index is 533. The minimum atomic E-state index is -0.241. The minimum Gasteiger partial charge on any atom is -0.347 e. The predicted octanol–water partition coefficient (Wildman–Crippen LogP) is 1.24. The van der Waals surface area contributed by atoms with Gasteiger partial charge in [0, 0.05) is 6.54 Å². The zero-order chi connectivity index (χ0) is 12.8. The maximum Gasteiger partial charge on any atom is 0.273 e. The summed E-state index contributed by atoms with van der Waals surface area (Å²) >= 11 is 0. The number of hydrogen-bond donors (Lipinski definition) is 1. The van der Waals surface area contributed by atoms with Crippen molar-refractivity contribution in [1.29, 1.82) is 0 Å². The molecule has 92 valence electrons. The molecule has 0 saturated heterocycles. The first-order valence-electron chi connectivity index (χ1n) is 5.63. The number of carbonyl (C=O) groups excluding carboxylic acids is 1. The normalized spacial score (nSPS) is 10.0. The number of hydrogen-bond acceptors (Lipinski definition) is 3. The Morgan fingerprint density at radius 3 is 2.89 bits per heavy atom. The average molecular weight is 242 g/mol. The van der Waals surface area contributed by atoms with Gasteiger partial charge in [0.1, 0.15) is 0 Å². The van der Waals surface area contributed by atoms with Gasteiger partial charge in [-0.15, -0.1) is 11.7 Å². The summed E-state index contributed by atoms with van der Waals surface area (Å²) in [5, 5.41) is 10.4. The number of benzene rings is 1. The lowest BCUT2D eigenvalue weighted by atomic mass is 10.2. The molecule has 0 aliphatic carbocycles. The Hall–Kier alpha value is -2.43. The molecule has 0 bridgehead atoms. The number of aromatic nitrogens is 3. The molecule has 0 aliphatic rings. The van der Waals surface area contributed by atoms with E-state index >= 15 is 0 Å². The van der Waals surface area contributed by atoms with E-state index < -0.39 is 0 Å². The van der Waals surface area contributed by atoms with Crippen LogP contribution < -0.4 is 5.32 Å². The fourth-order valence-corrected chi connectivity index (χ4v) is 1.51. The van der Waals surface area contributed by atoms with Crippen LogP contribution in [0, 0.1) is 0 Å². The molecule has 5 nitrogen and oxygen atoms in total. The molecule has 0 aliphatic heterocycles. The van der Waals surface area contributed by atoms with E-state index in [-0.39, 0.29) is 5.91 Å². The minimum absolute atomic E-state index is 0.241. The lowest BCUT2D eigenvalue weighted by molar-refractivity contribution is 0.0953. The van der Waals surface area contributed by atoms with Crippen molar-refractivity contribution >= 4 is 5.91 Å². The van der Waals surface area contributed by atoms with Gasteiger partial charge >= 0.3 is 0 Å². The molecule has 1 amide bonds. The van der Waals surface area contributed by atoms with Crippen LogP contribution in [0.3, 0.4) is 0 Å². The maximum atomic E-state index is 11.6. The number of nitrogens with zero attached hydrogens (tertiary/aromatic N) is 3. The monoisotopic (exact) mass is 242 g/mol. The third kappa shape index (κ3) is 3.04. The van der Waals surface area contributed by atoms with Crippen molar-refractivity contribution in [3.05, 3.63) is 60.4 Å². The molecule has 2 aromatic rings. The molecule has 0 spiro atoms. The van der Waals surface area contributed by atoms with Crippen LogP contribution in [0.5, 0.6) is 0 Å². The number of nitrogens with one attached hydrogen (secondary N) is 1. The van der Waals surface area contributed by atoms with Gasteiger partial charge in [-0.25, -0.2) is 4.68 Å². The van der Waals surface area contributed by atoms with Crippen LogP contribution in [0.15, 0.2) is 49.2 Å². The van der Waals surface area contributed by atoms with Gasteiger partial charge in [0.05, 0.1) is 12.7 Å². The van der Waals surface area contributed by atoms with Crippen molar-refractivity contribution in [2.45, 2.75) is 6.54 Å². The molecule has 0 atom stereocenters. The molecule has 0 fully saturated rings. The van der Waals surface area contributed by atoms with E-state index in [1.165, 1.54) is 0 Å². The lowest BCUT2D eigenvalue weighted by Gasteiger charge is -1.99. The van der Waals surface area contributed by atoms with Crippen LogP contribution in [0.2, 0.25) is 0 Å². The molecule has 1 aromatic heterocycles. The molecule has 0 saturated carbocycles. The van der Waals surface area contributed by atoms with Crippen LogP contribution in [0.1, 0.15) is 16.1 Å². The highest BCUT2D eigenvalue weighted by atomic mass is 16.1. The van der Waals surface area contributed by atoms with Crippen molar-refractivity contribution in [2.75, 3.05) is 6.54 Å². The molecule has 1 aromatic carbocycles. The van der Waals surface area contributed by atoms with Crippen LogP contribution in [-0.2, 0) is 6.54 Å². The highest BCUT2D eigenvalue weighted by molar-refractivity contribution is 5.91. The van der Waals surface area contributed by atoms with Crippen molar-refractivity contribution < 1.29 is 4.79 Å². The van der Waals surface area contributed by atoms with E-state index in [0.717, 1.165) is 5.56 Å². The topological polar surface area (TPSA) is 59.8 Å². The molecule has 1 N–H and O–H groups in total. The number of rotatable bonds is 5. The zero-order valence-electron chi connectivity index (χ0n) is 9.91. The second-order valence-electron chi connectivity index (χ2n) is 3.79. The maximum absolute atomic E-state index is 11.6. The van der Waals surface area contributed by atoms with E-state index in [2.05, 4.69) is 22.2 Å². The third-order valence-electron chi connectivity index (χ3n) is 2.37. The highest BCUT2D eigenvalue weighted by Gasteiger charge is 2.09. The summed E-state index contributed by atoms with van der Waals surface area (Å²) in [6.45, 7) is 4.55. The first kappa shape index (κ1) is 12.0. The molecule has 5 heteroatoms. The molecule has 18 heavy (non-hydrogen) atoms. The van der Waals surface area contributed by atoms with Crippen LogP contribution >= 0.6 is 0 Å². The van der Waals surface area contributed by atoms with Gasteiger partial charge in [-0.05, 0) is 5.56 Å². The van der Waals surface area contributed by atoms with Gasteiger partial charge in [0.25, 0.3) is 5.91 Å². The second kappa shape index (κ2) is 5.77. The van der Waals surface area contributed by atoms with E-state index in [1.54, 1.807) is 17.0 Å². The Morgan fingerprint density at radius 1 is 1.39 bits per heavy atom. The van der Waals surface area contributed by atoms with Crippen molar-refractivity contribution in [1.82, 2.24) is 20.3 Å². The SMILES string of the molecule is C=CCNC(=O)c1cn(Cc2ccccc2)nn1. The summed E-state index contributed by atoms with van der Waals surface area (Å²) in [5.74, 6) is -0.241. The first-order chi connectivity index (χ1) is 8.79. The van der Waals surface area contributed by atoms with Gasteiger partial charge in [-0.3, -0.25) is 4.79 Å². The smallest absolute Gasteiger partial charge is 0.273 e. The van der Waals surface area contributed by atoms with Gasteiger partial charge in [-0.2, -0.15) is 0 Å². The Kier molecular flexibility index (Phi) is 3.86. The Labute approximate surface area is 105 Å². The number of carbonyl (C=O) groups is 1. The summed E-state index contributed by atoms with van der Waals surface area (Å²) in [6.07, 6.45) is 3.25. The summed E-state index contributed by atoms with van der Waals surface area (Å²) in [5.41, 5.74) is 1.42. The van der Waals surface area contributed by atoms with Gasteiger partial charge in [-0.1, -0.05) is 41.6 Å². The van der Waals surface area contributed by atoms with Crippen LogP contribution in [0.4, 0.5) is 0 Å². The Morgan fingerprint density at radius 2 is 2.17 bits per heavy atom. The van der Waals surface area contributed by atoms with Gasteiger partial charge in [0.15, 0.2) is 5.69 Å². The predicted molar refractivity (Wildman–Crippen MR) is 68.1 cm³/mol. The van der Waals surface area contributed by atoms with Gasteiger partial charge < -0.3 is 5.32 Å². The Balaban J connectivity index is 2.02. The van der Waals surface area contributed by atoms with Crippen LogP contribution in [-0.4, -0.2) is 27.4 Å². The largest absolute Gasteiger partial charge is 0.347 e.